The number of carbonyl (C=O) groups is 1. The lowest BCUT2D eigenvalue weighted by Gasteiger charge is -2.24. The Hall–Kier alpha value is -1.95. The Labute approximate surface area is 149 Å². The van der Waals surface area contributed by atoms with Crippen molar-refractivity contribution in [1.82, 2.24) is 9.88 Å². The van der Waals surface area contributed by atoms with Crippen LogP contribution in [0.15, 0.2) is 54.7 Å². The van der Waals surface area contributed by atoms with Crippen molar-refractivity contribution in [1.29, 1.82) is 0 Å². The number of methoxy groups -OCH3 is 1. The van der Waals surface area contributed by atoms with Crippen LogP contribution in [0.2, 0.25) is 0 Å². The minimum absolute atomic E-state index is 0. The molecule has 1 unspecified atom stereocenters. The van der Waals surface area contributed by atoms with Crippen LogP contribution in [-0.2, 0) is 16.1 Å². The third kappa shape index (κ3) is 6.28. The SMILES string of the molecule is COCCN(Cc1ccccn1)C(=O)CC(N)c1ccccc1.Cl. The fourth-order valence-corrected chi connectivity index (χ4v) is 2.32. The van der Waals surface area contributed by atoms with Gasteiger partial charge in [-0.25, -0.2) is 0 Å². The van der Waals surface area contributed by atoms with Gasteiger partial charge >= 0.3 is 0 Å². The molecule has 0 aliphatic heterocycles. The van der Waals surface area contributed by atoms with E-state index in [2.05, 4.69) is 4.98 Å². The van der Waals surface area contributed by atoms with Gasteiger partial charge in [-0.1, -0.05) is 36.4 Å². The number of rotatable bonds is 8. The highest BCUT2D eigenvalue weighted by Gasteiger charge is 2.18. The van der Waals surface area contributed by atoms with Gasteiger partial charge in [0.1, 0.15) is 0 Å². The summed E-state index contributed by atoms with van der Waals surface area (Å²) in [6.45, 7) is 1.47. The van der Waals surface area contributed by atoms with Crippen molar-refractivity contribution in [2.45, 2.75) is 19.0 Å². The van der Waals surface area contributed by atoms with Gasteiger partial charge in [-0.2, -0.15) is 0 Å². The highest BCUT2D eigenvalue weighted by Crippen LogP contribution is 2.15. The number of nitrogens with two attached hydrogens (primary N) is 1. The lowest BCUT2D eigenvalue weighted by molar-refractivity contribution is -0.133. The Kier molecular flexibility index (Phi) is 9.01. The average molecular weight is 350 g/mol. The Balaban J connectivity index is 0.00000288. The summed E-state index contributed by atoms with van der Waals surface area (Å²) in [6, 6.07) is 15.0. The van der Waals surface area contributed by atoms with E-state index in [9.17, 15) is 4.79 Å². The first-order valence-electron chi connectivity index (χ1n) is 7.68. The first kappa shape index (κ1) is 20.1. The maximum absolute atomic E-state index is 12.6. The van der Waals surface area contributed by atoms with Gasteiger partial charge in [-0.3, -0.25) is 9.78 Å². The Morgan fingerprint density at radius 1 is 1.21 bits per heavy atom. The molecule has 1 heterocycles. The number of pyridine rings is 1. The lowest BCUT2D eigenvalue weighted by atomic mass is 10.0. The monoisotopic (exact) mass is 349 g/mol. The summed E-state index contributed by atoms with van der Waals surface area (Å²) in [4.78, 5) is 18.6. The van der Waals surface area contributed by atoms with Gasteiger partial charge in [0.2, 0.25) is 5.91 Å². The van der Waals surface area contributed by atoms with Crippen LogP contribution >= 0.6 is 12.4 Å². The summed E-state index contributed by atoms with van der Waals surface area (Å²) >= 11 is 0. The molecule has 1 amide bonds. The number of hydrogen-bond acceptors (Lipinski definition) is 4. The number of halogens is 1. The summed E-state index contributed by atoms with van der Waals surface area (Å²) in [7, 11) is 1.62. The molecular weight excluding hydrogens is 326 g/mol. The molecule has 0 saturated carbocycles. The summed E-state index contributed by atoms with van der Waals surface area (Å²) in [5.41, 5.74) is 7.98. The molecule has 5 nitrogen and oxygen atoms in total. The number of nitrogens with zero attached hydrogens (tertiary/aromatic N) is 2. The van der Waals surface area contributed by atoms with E-state index in [1.54, 1.807) is 18.2 Å². The second-order valence-corrected chi connectivity index (χ2v) is 5.35. The van der Waals surface area contributed by atoms with Gasteiger partial charge in [0.25, 0.3) is 0 Å². The number of hydrogen-bond donors (Lipinski definition) is 1. The Morgan fingerprint density at radius 3 is 2.54 bits per heavy atom. The van der Waals surface area contributed by atoms with E-state index in [-0.39, 0.29) is 30.8 Å². The molecule has 1 aromatic carbocycles. The highest BCUT2D eigenvalue weighted by atomic mass is 35.5. The van der Waals surface area contributed by atoms with E-state index in [1.807, 2.05) is 48.5 Å². The zero-order valence-electron chi connectivity index (χ0n) is 13.8. The molecular formula is C18H24ClN3O2. The maximum atomic E-state index is 12.6. The second kappa shape index (κ2) is 10.8. The molecule has 0 bridgehead atoms. The minimum Gasteiger partial charge on any atom is -0.383 e. The van der Waals surface area contributed by atoms with Gasteiger partial charge < -0.3 is 15.4 Å². The molecule has 0 saturated heterocycles. The van der Waals surface area contributed by atoms with E-state index in [0.717, 1.165) is 11.3 Å². The summed E-state index contributed by atoms with van der Waals surface area (Å²) in [5.74, 6) is 0.00376. The molecule has 2 aromatic rings. The number of carbonyl (C=O) groups excluding carboxylic acids is 1. The number of ether oxygens (including phenoxy) is 1. The fraction of sp³-hybridized carbons (Fsp3) is 0.333. The topological polar surface area (TPSA) is 68.5 Å². The molecule has 24 heavy (non-hydrogen) atoms. The van der Waals surface area contributed by atoms with E-state index in [0.29, 0.717) is 19.7 Å². The van der Waals surface area contributed by atoms with Crippen molar-refractivity contribution < 1.29 is 9.53 Å². The van der Waals surface area contributed by atoms with Gasteiger partial charge in [-0.05, 0) is 17.7 Å². The molecule has 0 spiro atoms. The number of amides is 1. The first-order valence-corrected chi connectivity index (χ1v) is 7.68. The number of aromatic nitrogens is 1. The van der Waals surface area contributed by atoms with E-state index in [4.69, 9.17) is 10.5 Å². The normalized spacial score (nSPS) is 11.4. The largest absolute Gasteiger partial charge is 0.383 e. The van der Waals surface area contributed by atoms with Crippen molar-refractivity contribution in [3.05, 3.63) is 66.0 Å². The zero-order valence-corrected chi connectivity index (χ0v) is 14.6. The van der Waals surface area contributed by atoms with Crippen LogP contribution < -0.4 is 5.73 Å². The van der Waals surface area contributed by atoms with Crippen LogP contribution in [0.3, 0.4) is 0 Å². The van der Waals surface area contributed by atoms with Crippen LogP contribution in [0, 0.1) is 0 Å². The van der Waals surface area contributed by atoms with E-state index in [1.165, 1.54) is 0 Å². The van der Waals surface area contributed by atoms with Crippen LogP contribution in [0.4, 0.5) is 0 Å². The predicted molar refractivity (Wildman–Crippen MR) is 96.8 cm³/mol. The van der Waals surface area contributed by atoms with E-state index < -0.39 is 0 Å². The summed E-state index contributed by atoms with van der Waals surface area (Å²) in [5, 5.41) is 0. The molecule has 1 aromatic heterocycles. The molecule has 0 aliphatic rings. The lowest BCUT2D eigenvalue weighted by Crippen LogP contribution is -2.35. The second-order valence-electron chi connectivity index (χ2n) is 5.35. The molecule has 0 fully saturated rings. The van der Waals surface area contributed by atoms with Crippen LogP contribution in [-0.4, -0.2) is 36.1 Å². The summed E-state index contributed by atoms with van der Waals surface area (Å²) in [6.07, 6.45) is 1.99. The maximum Gasteiger partial charge on any atom is 0.224 e. The van der Waals surface area contributed by atoms with Gasteiger partial charge in [0, 0.05) is 32.3 Å². The minimum atomic E-state index is -0.308. The molecule has 2 rings (SSSR count). The van der Waals surface area contributed by atoms with Gasteiger partial charge in [0.15, 0.2) is 0 Å². The molecule has 2 N–H and O–H groups in total. The smallest absolute Gasteiger partial charge is 0.224 e. The van der Waals surface area contributed by atoms with Crippen LogP contribution in [0.5, 0.6) is 0 Å². The first-order chi connectivity index (χ1) is 11.2. The quantitative estimate of drug-likeness (QED) is 0.795. The van der Waals surface area contributed by atoms with Crippen molar-refractivity contribution in [3.63, 3.8) is 0 Å². The van der Waals surface area contributed by atoms with Crippen molar-refractivity contribution in [2.75, 3.05) is 20.3 Å². The van der Waals surface area contributed by atoms with Crippen molar-refractivity contribution in [3.8, 4) is 0 Å². The third-order valence-electron chi connectivity index (χ3n) is 3.62. The third-order valence-corrected chi connectivity index (χ3v) is 3.62. The standard InChI is InChI=1S/C18H23N3O2.ClH/c1-23-12-11-21(14-16-9-5-6-10-20-16)18(22)13-17(19)15-7-3-2-4-8-15;/h2-10,17H,11-14,19H2,1H3;1H. The predicted octanol–water partition coefficient (Wildman–Crippen LogP) is 2.57. The molecule has 1 atom stereocenters. The average Bonchev–Trinajstić information content (AvgIpc) is 2.60. The Bertz CT molecular complexity index is 596. The molecule has 6 heteroatoms. The van der Waals surface area contributed by atoms with Crippen LogP contribution in [0.1, 0.15) is 23.7 Å². The molecule has 0 radical (unpaired) electrons. The van der Waals surface area contributed by atoms with Crippen LogP contribution in [0.25, 0.3) is 0 Å². The van der Waals surface area contributed by atoms with Gasteiger partial charge in [0.05, 0.1) is 18.8 Å². The molecule has 0 aliphatic carbocycles. The molecule has 130 valence electrons. The van der Waals surface area contributed by atoms with E-state index >= 15 is 0 Å². The number of benzene rings is 1. The van der Waals surface area contributed by atoms with Gasteiger partial charge in [-0.15, -0.1) is 12.4 Å². The van der Waals surface area contributed by atoms with Crippen molar-refractivity contribution >= 4 is 18.3 Å². The summed E-state index contributed by atoms with van der Waals surface area (Å²) < 4.78 is 5.10. The highest BCUT2D eigenvalue weighted by molar-refractivity contribution is 5.85. The van der Waals surface area contributed by atoms with Crippen molar-refractivity contribution in [2.24, 2.45) is 5.73 Å². The fourth-order valence-electron chi connectivity index (χ4n) is 2.32. The Morgan fingerprint density at radius 2 is 1.92 bits per heavy atom. The zero-order chi connectivity index (χ0) is 16.5.